The van der Waals surface area contributed by atoms with Gasteiger partial charge in [0, 0.05) is 12.2 Å². The summed E-state index contributed by atoms with van der Waals surface area (Å²) in [4.78, 5) is 11.6. The molecule has 110 valence electrons. The molecular weight excluding hydrogens is 256 g/mol. The smallest absolute Gasteiger partial charge is 0.319 e. The number of nitrogens with one attached hydrogen (secondary N) is 2. The van der Waals surface area contributed by atoms with Crippen molar-refractivity contribution in [2.75, 3.05) is 32.2 Å². The lowest BCUT2D eigenvalue weighted by molar-refractivity contribution is 0.159. The molecular formula is C15H22N2O3. The normalized spacial score (nSPS) is 9.95. The quantitative estimate of drug-likeness (QED) is 0.595. The summed E-state index contributed by atoms with van der Waals surface area (Å²) in [5, 5.41) is 5.47. The second kappa shape index (κ2) is 8.22. The van der Waals surface area contributed by atoms with E-state index in [-0.39, 0.29) is 6.03 Å². The van der Waals surface area contributed by atoms with Crippen LogP contribution in [0.2, 0.25) is 0 Å². The highest BCUT2D eigenvalue weighted by molar-refractivity contribution is 5.89. The van der Waals surface area contributed by atoms with Crippen LogP contribution in [0, 0.1) is 6.92 Å². The van der Waals surface area contributed by atoms with E-state index in [9.17, 15) is 4.79 Å². The first kappa shape index (κ1) is 16.0. The summed E-state index contributed by atoms with van der Waals surface area (Å²) in [6.45, 7) is 8.98. The van der Waals surface area contributed by atoms with Crippen LogP contribution in [-0.2, 0) is 4.74 Å². The summed E-state index contributed by atoms with van der Waals surface area (Å²) in [6.07, 6.45) is 0. The monoisotopic (exact) mass is 278 g/mol. The third kappa shape index (κ3) is 5.75. The number of rotatable bonds is 7. The van der Waals surface area contributed by atoms with Gasteiger partial charge >= 0.3 is 6.03 Å². The van der Waals surface area contributed by atoms with Crippen molar-refractivity contribution in [1.29, 1.82) is 0 Å². The van der Waals surface area contributed by atoms with Crippen LogP contribution in [0.4, 0.5) is 10.5 Å². The average Bonchev–Trinajstić information content (AvgIpc) is 2.38. The number of amides is 2. The molecule has 0 aliphatic heterocycles. The largest absolute Gasteiger partial charge is 0.496 e. The fraction of sp³-hybridized carbons (Fsp3) is 0.400. The minimum atomic E-state index is -0.256. The minimum absolute atomic E-state index is 0.256. The van der Waals surface area contributed by atoms with Crippen LogP contribution in [0.5, 0.6) is 5.75 Å². The lowest BCUT2D eigenvalue weighted by Crippen LogP contribution is -2.31. The Kier molecular flexibility index (Phi) is 6.59. The molecule has 0 fully saturated rings. The average molecular weight is 278 g/mol. The minimum Gasteiger partial charge on any atom is -0.496 e. The zero-order chi connectivity index (χ0) is 15.0. The van der Waals surface area contributed by atoms with Crippen molar-refractivity contribution >= 4 is 11.7 Å². The Balaban J connectivity index is 2.31. The zero-order valence-corrected chi connectivity index (χ0v) is 12.3. The molecule has 0 aromatic heterocycles. The van der Waals surface area contributed by atoms with Crippen LogP contribution in [0.3, 0.4) is 0 Å². The van der Waals surface area contributed by atoms with E-state index in [1.165, 1.54) is 0 Å². The molecule has 0 radical (unpaired) electrons. The summed E-state index contributed by atoms with van der Waals surface area (Å²) in [7, 11) is 1.62. The topological polar surface area (TPSA) is 59.6 Å². The first-order valence-electron chi connectivity index (χ1n) is 6.44. The van der Waals surface area contributed by atoms with Gasteiger partial charge in [-0.1, -0.05) is 12.2 Å². The summed E-state index contributed by atoms with van der Waals surface area (Å²) in [5.41, 5.74) is 2.65. The first-order chi connectivity index (χ1) is 9.52. The van der Waals surface area contributed by atoms with Gasteiger partial charge in [0.15, 0.2) is 0 Å². The molecule has 0 heterocycles. The van der Waals surface area contributed by atoms with Gasteiger partial charge in [-0.05, 0) is 37.6 Å². The number of methoxy groups -OCH3 is 1. The van der Waals surface area contributed by atoms with Crippen LogP contribution in [0.1, 0.15) is 12.5 Å². The Labute approximate surface area is 120 Å². The molecule has 1 rings (SSSR count). The molecule has 0 atom stereocenters. The number of anilines is 1. The van der Waals surface area contributed by atoms with E-state index in [2.05, 4.69) is 17.2 Å². The predicted octanol–water partition coefficient (Wildman–Crippen LogP) is 2.72. The Hall–Kier alpha value is -2.01. The van der Waals surface area contributed by atoms with Crippen LogP contribution in [0.15, 0.2) is 30.4 Å². The highest BCUT2D eigenvalue weighted by Gasteiger charge is 2.03. The Morgan fingerprint density at radius 3 is 2.75 bits per heavy atom. The lowest BCUT2D eigenvalue weighted by atomic mass is 10.2. The molecule has 0 saturated carbocycles. The maximum atomic E-state index is 11.6. The molecule has 20 heavy (non-hydrogen) atoms. The summed E-state index contributed by atoms with van der Waals surface area (Å²) >= 11 is 0. The molecule has 2 amide bonds. The summed E-state index contributed by atoms with van der Waals surface area (Å²) < 4.78 is 10.5. The number of aryl methyl sites for hydroxylation is 1. The Morgan fingerprint density at radius 2 is 2.15 bits per heavy atom. The maximum absolute atomic E-state index is 11.6. The van der Waals surface area contributed by atoms with Crippen molar-refractivity contribution in [2.24, 2.45) is 0 Å². The van der Waals surface area contributed by atoms with Gasteiger partial charge in [-0.25, -0.2) is 4.79 Å². The van der Waals surface area contributed by atoms with Gasteiger partial charge in [-0.15, -0.1) is 0 Å². The number of carbonyl (C=O) groups excluding carboxylic acids is 1. The number of urea groups is 1. The number of hydrogen-bond donors (Lipinski definition) is 2. The van der Waals surface area contributed by atoms with E-state index < -0.39 is 0 Å². The molecule has 2 N–H and O–H groups in total. The number of benzene rings is 1. The molecule has 0 bridgehead atoms. The van der Waals surface area contributed by atoms with Gasteiger partial charge in [0.05, 0.1) is 20.3 Å². The van der Waals surface area contributed by atoms with Crippen molar-refractivity contribution in [2.45, 2.75) is 13.8 Å². The van der Waals surface area contributed by atoms with E-state index in [0.717, 1.165) is 22.6 Å². The maximum Gasteiger partial charge on any atom is 0.319 e. The highest BCUT2D eigenvalue weighted by Crippen LogP contribution is 2.21. The van der Waals surface area contributed by atoms with Crippen molar-refractivity contribution < 1.29 is 14.3 Å². The molecule has 0 saturated heterocycles. The highest BCUT2D eigenvalue weighted by atomic mass is 16.5. The molecule has 0 aliphatic carbocycles. The third-order valence-corrected chi connectivity index (χ3v) is 2.53. The predicted molar refractivity (Wildman–Crippen MR) is 80.4 cm³/mol. The van der Waals surface area contributed by atoms with E-state index in [0.29, 0.717) is 19.8 Å². The fourth-order valence-corrected chi connectivity index (χ4v) is 1.61. The van der Waals surface area contributed by atoms with Crippen molar-refractivity contribution in [3.8, 4) is 5.75 Å². The van der Waals surface area contributed by atoms with Crippen molar-refractivity contribution in [1.82, 2.24) is 5.32 Å². The zero-order valence-electron chi connectivity index (χ0n) is 12.3. The molecule has 0 aliphatic rings. The van der Waals surface area contributed by atoms with Gasteiger partial charge in [0.1, 0.15) is 5.75 Å². The van der Waals surface area contributed by atoms with Gasteiger partial charge in [0.2, 0.25) is 0 Å². The SMILES string of the molecule is C=C(C)COCCNC(=O)Nc1ccc(OC)c(C)c1. The standard InChI is InChI=1S/C15H22N2O3/c1-11(2)10-20-8-7-16-15(18)17-13-5-6-14(19-4)12(3)9-13/h5-6,9H,1,7-8,10H2,2-4H3,(H2,16,17,18). The van der Waals surface area contributed by atoms with Gasteiger partial charge in [0.25, 0.3) is 0 Å². The van der Waals surface area contributed by atoms with Crippen molar-refractivity contribution in [3.05, 3.63) is 35.9 Å². The lowest BCUT2D eigenvalue weighted by Gasteiger charge is -2.10. The van der Waals surface area contributed by atoms with E-state index >= 15 is 0 Å². The van der Waals surface area contributed by atoms with E-state index in [1.54, 1.807) is 13.2 Å². The number of ether oxygens (including phenoxy) is 2. The fourth-order valence-electron chi connectivity index (χ4n) is 1.61. The molecule has 5 heteroatoms. The molecule has 1 aromatic carbocycles. The first-order valence-corrected chi connectivity index (χ1v) is 6.44. The van der Waals surface area contributed by atoms with Gasteiger partial charge < -0.3 is 20.1 Å². The molecule has 0 unspecified atom stereocenters. The van der Waals surface area contributed by atoms with Crippen LogP contribution in [-0.4, -0.2) is 32.9 Å². The summed E-state index contributed by atoms with van der Waals surface area (Å²) in [5.74, 6) is 0.796. The van der Waals surface area contributed by atoms with Crippen LogP contribution >= 0.6 is 0 Å². The van der Waals surface area contributed by atoms with Crippen LogP contribution < -0.4 is 15.4 Å². The third-order valence-electron chi connectivity index (χ3n) is 2.53. The van der Waals surface area contributed by atoms with E-state index in [4.69, 9.17) is 9.47 Å². The summed E-state index contributed by atoms with van der Waals surface area (Å²) in [6, 6.07) is 5.22. The second-order valence-corrected chi connectivity index (χ2v) is 4.57. The second-order valence-electron chi connectivity index (χ2n) is 4.57. The molecule has 1 aromatic rings. The number of carbonyl (C=O) groups is 1. The van der Waals surface area contributed by atoms with Crippen LogP contribution in [0.25, 0.3) is 0 Å². The Bertz CT molecular complexity index is 472. The van der Waals surface area contributed by atoms with Crippen molar-refractivity contribution in [3.63, 3.8) is 0 Å². The van der Waals surface area contributed by atoms with E-state index in [1.807, 2.05) is 26.0 Å². The molecule has 0 spiro atoms. The Morgan fingerprint density at radius 1 is 1.40 bits per heavy atom. The number of hydrogen-bond acceptors (Lipinski definition) is 3. The molecule has 5 nitrogen and oxygen atoms in total. The van der Waals surface area contributed by atoms with Gasteiger partial charge in [-0.3, -0.25) is 0 Å². The van der Waals surface area contributed by atoms with Gasteiger partial charge in [-0.2, -0.15) is 0 Å².